The predicted octanol–water partition coefficient (Wildman–Crippen LogP) is 5.83. The first-order valence-corrected chi connectivity index (χ1v) is 12.8. The zero-order valence-corrected chi connectivity index (χ0v) is 22.1. The molecule has 1 N–H and O–H groups in total. The Labute approximate surface area is 223 Å². The van der Waals surface area contributed by atoms with Gasteiger partial charge in [-0.05, 0) is 39.8 Å². The quantitative estimate of drug-likeness (QED) is 0.305. The van der Waals surface area contributed by atoms with Gasteiger partial charge >= 0.3 is 0 Å². The minimum absolute atomic E-state index is 0.0975. The molecule has 0 bridgehead atoms. The molecule has 196 valence electrons. The van der Waals surface area contributed by atoms with Crippen LogP contribution < -0.4 is 14.8 Å². The zero-order valence-electron chi connectivity index (χ0n) is 22.1. The lowest BCUT2D eigenvalue weighted by Crippen LogP contribution is -2.24. The van der Waals surface area contributed by atoms with Crippen LogP contribution in [0.4, 0.5) is 0 Å². The van der Waals surface area contributed by atoms with Gasteiger partial charge in [-0.3, -0.25) is 9.69 Å². The SMILES string of the molecule is CC(C)(C)c1ccc(CN(Cc2ccc3c(c2)OCO3)Cc2nc(C(=O)NCc3ccccc3)co2)cc1. The largest absolute Gasteiger partial charge is 0.454 e. The van der Waals surface area contributed by atoms with E-state index >= 15 is 0 Å². The maximum Gasteiger partial charge on any atom is 0.273 e. The van der Waals surface area contributed by atoms with E-state index in [1.54, 1.807) is 0 Å². The number of ether oxygens (including phenoxy) is 2. The summed E-state index contributed by atoms with van der Waals surface area (Å²) in [6, 6.07) is 24.5. The van der Waals surface area contributed by atoms with Gasteiger partial charge in [0.15, 0.2) is 17.2 Å². The third-order valence-electron chi connectivity index (χ3n) is 6.51. The molecule has 0 spiro atoms. The molecule has 0 atom stereocenters. The third-order valence-corrected chi connectivity index (χ3v) is 6.51. The zero-order chi connectivity index (χ0) is 26.5. The average Bonchev–Trinajstić information content (AvgIpc) is 3.57. The topological polar surface area (TPSA) is 76.8 Å². The van der Waals surface area contributed by atoms with Crippen LogP contribution in [0.5, 0.6) is 11.5 Å². The van der Waals surface area contributed by atoms with Gasteiger partial charge in [-0.25, -0.2) is 4.98 Å². The fraction of sp³-hybridized carbons (Fsp3) is 0.290. The van der Waals surface area contributed by atoms with Crippen molar-refractivity contribution >= 4 is 5.91 Å². The maximum atomic E-state index is 12.6. The van der Waals surface area contributed by atoms with Gasteiger partial charge in [0.1, 0.15) is 6.26 Å². The van der Waals surface area contributed by atoms with Crippen LogP contribution in [-0.2, 0) is 31.6 Å². The Balaban J connectivity index is 1.29. The summed E-state index contributed by atoms with van der Waals surface area (Å²) in [5.74, 6) is 1.74. The van der Waals surface area contributed by atoms with Crippen LogP contribution in [-0.4, -0.2) is 22.6 Å². The molecule has 0 saturated carbocycles. The highest BCUT2D eigenvalue weighted by Crippen LogP contribution is 2.33. The fourth-order valence-electron chi connectivity index (χ4n) is 4.38. The molecule has 7 nitrogen and oxygen atoms in total. The first-order chi connectivity index (χ1) is 18.3. The van der Waals surface area contributed by atoms with Crippen molar-refractivity contribution in [3.8, 4) is 11.5 Å². The Morgan fingerprint density at radius 2 is 1.58 bits per heavy atom. The van der Waals surface area contributed by atoms with Gasteiger partial charge in [-0.1, -0.05) is 81.4 Å². The molecule has 7 heteroatoms. The van der Waals surface area contributed by atoms with Gasteiger partial charge in [-0.15, -0.1) is 0 Å². The minimum Gasteiger partial charge on any atom is -0.454 e. The lowest BCUT2D eigenvalue weighted by Gasteiger charge is -2.23. The van der Waals surface area contributed by atoms with Crippen LogP contribution in [0.1, 0.15) is 59.4 Å². The van der Waals surface area contributed by atoms with Crippen LogP contribution in [0, 0.1) is 0 Å². The van der Waals surface area contributed by atoms with Crippen molar-refractivity contribution in [1.82, 2.24) is 15.2 Å². The number of hydrogen-bond donors (Lipinski definition) is 1. The molecule has 0 saturated heterocycles. The van der Waals surface area contributed by atoms with Crippen molar-refractivity contribution < 1.29 is 18.7 Å². The van der Waals surface area contributed by atoms with Gasteiger partial charge in [0.25, 0.3) is 5.91 Å². The van der Waals surface area contributed by atoms with E-state index < -0.39 is 0 Å². The van der Waals surface area contributed by atoms with Crippen LogP contribution in [0.15, 0.2) is 83.5 Å². The van der Waals surface area contributed by atoms with E-state index in [4.69, 9.17) is 13.9 Å². The van der Waals surface area contributed by atoms with E-state index in [0.29, 0.717) is 32.1 Å². The number of benzene rings is 3. The molecule has 1 aliphatic rings. The molecule has 2 heterocycles. The molecule has 0 radical (unpaired) electrons. The molecule has 1 amide bonds. The monoisotopic (exact) mass is 511 g/mol. The van der Waals surface area contributed by atoms with E-state index in [2.05, 4.69) is 60.2 Å². The van der Waals surface area contributed by atoms with Gasteiger partial charge in [0, 0.05) is 19.6 Å². The summed E-state index contributed by atoms with van der Waals surface area (Å²) in [5.41, 5.74) is 4.97. The number of carbonyl (C=O) groups excluding carboxylic acids is 1. The third kappa shape index (κ3) is 6.42. The molecule has 5 rings (SSSR count). The molecular formula is C31H33N3O4. The van der Waals surface area contributed by atoms with Crippen LogP contribution in [0.3, 0.4) is 0 Å². The molecule has 1 aliphatic heterocycles. The summed E-state index contributed by atoms with van der Waals surface area (Å²) in [7, 11) is 0. The van der Waals surface area contributed by atoms with Gasteiger partial charge < -0.3 is 19.2 Å². The Bertz CT molecular complexity index is 1370. The molecule has 1 aromatic heterocycles. The number of fused-ring (bicyclic) bond motifs is 1. The minimum atomic E-state index is -0.260. The van der Waals surface area contributed by atoms with Crippen LogP contribution in [0.2, 0.25) is 0 Å². The number of carbonyl (C=O) groups is 1. The standard InChI is InChI=1S/C31H33N3O4/c1-31(2,3)25-12-9-23(10-13-25)17-34(18-24-11-14-27-28(15-24)38-21-37-27)19-29-33-26(20-36-29)30(35)32-16-22-7-5-4-6-8-22/h4-15,20H,16-19,21H2,1-3H3,(H,32,35). The second-order valence-electron chi connectivity index (χ2n) is 10.6. The first-order valence-electron chi connectivity index (χ1n) is 12.8. The van der Waals surface area contributed by atoms with Crippen molar-refractivity contribution in [3.05, 3.63) is 113 Å². The van der Waals surface area contributed by atoms with Crippen molar-refractivity contribution in [3.63, 3.8) is 0 Å². The number of nitrogens with one attached hydrogen (secondary N) is 1. The Hall–Kier alpha value is -4.10. The lowest BCUT2D eigenvalue weighted by molar-refractivity contribution is 0.0945. The summed E-state index contributed by atoms with van der Waals surface area (Å²) in [4.78, 5) is 19.4. The molecule has 38 heavy (non-hydrogen) atoms. The molecule has 0 unspecified atom stereocenters. The fourth-order valence-corrected chi connectivity index (χ4v) is 4.38. The molecular weight excluding hydrogens is 478 g/mol. The second kappa shape index (κ2) is 11.1. The molecule has 3 aromatic carbocycles. The summed E-state index contributed by atoms with van der Waals surface area (Å²) >= 11 is 0. The number of aromatic nitrogens is 1. The van der Waals surface area contributed by atoms with Gasteiger partial charge in [-0.2, -0.15) is 0 Å². The lowest BCUT2D eigenvalue weighted by atomic mass is 9.87. The number of rotatable bonds is 9. The van der Waals surface area contributed by atoms with Crippen molar-refractivity contribution in [2.24, 2.45) is 0 Å². The summed E-state index contributed by atoms with van der Waals surface area (Å²) in [6.45, 7) is 9.10. The number of oxazole rings is 1. The van der Waals surface area contributed by atoms with E-state index in [1.165, 1.54) is 17.4 Å². The smallest absolute Gasteiger partial charge is 0.273 e. The second-order valence-corrected chi connectivity index (χ2v) is 10.6. The predicted molar refractivity (Wildman–Crippen MR) is 145 cm³/mol. The highest BCUT2D eigenvalue weighted by molar-refractivity contribution is 5.91. The van der Waals surface area contributed by atoms with E-state index in [-0.39, 0.29) is 23.8 Å². The number of nitrogens with zero attached hydrogens (tertiary/aromatic N) is 2. The number of hydrogen-bond acceptors (Lipinski definition) is 6. The summed E-state index contributed by atoms with van der Waals surface area (Å²) in [5, 5.41) is 2.90. The van der Waals surface area contributed by atoms with Gasteiger partial charge in [0.05, 0.1) is 6.54 Å². The first kappa shape index (κ1) is 25.5. The highest BCUT2D eigenvalue weighted by Gasteiger charge is 2.19. The van der Waals surface area contributed by atoms with E-state index in [1.807, 2.05) is 48.5 Å². The Morgan fingerprint density at radius 1 is 0.868 bits per heavy atom. The van der Waals surface area contributed by atoms with Crippen molar-refractivity contribution in [2.45, 2.75) is 52.4 Å². The van der Waals surface area contributed by atoms with Crippen LogP contribution >= 0.6 is 0 Å². The van der Waals surface area contributed by atoms with E-state index in [0.717, 1.165) is 22.6 Å². The molecule has 0 aliphatic carbocycles. The van der Waals surface area contributed by atoms with Crippen molar-refractivity contribution in [2.75, 3.05) is 6.79 Å². The summed E-state index contributed by atoms with van der Waals surface area (Å²) in [6.07, 6.45) is 1.42. The summed E-state index contributed by atoms with van der Waals surface area (Å²) < 4.78 is 16.8. The Kier molecular flexibility index (Phi) is 7.47. The molecule has 0 fully saturated rings. The Morgan fingerprint density at radius 3 is 2.34 bits per heavy atom. The van der Waals surface area contributed by atoms with Crippen LogP contribution in [0.25, 0.3) is 0 Å². The average molecular weight is 512 g/mol. The van der Waals surface area contributed by atoms with Crippen molar-refractivity contribution in [1.29, 1.82) is 0 Å². The highest BCUT2D eigenvalue weighted by atomic mass is 16.7. The van der Waals surface area contributed by atoms with Gasteiger partial charge in [0.2, 0.25) is 12.7 Å². The maximum absolute atomic E-state index is 12.6. The normalized spacial score (nSPS) is 12.6. The molecule has 4 aromatic rings. The number of amides is 1. The van der Waals surface area contributed by atoms with E-state index in [9.17, 15) is 4.79 Å².